The lowest BCUT2D eigenvalue weighted by Crippen LogP contribution is -2.42. The molecule has 2 aliphatic rings. The van der Waals surface area contributed by atoms with Crippen molar-refractivity contribution in [1.82, 2.24) is 24.3 Å². The number of imidazole rings is 1. The number of halogens is 7. The first-order valence-electron chi connectivity index (χ1n) is 14.9. The lowest BCUT2D eigenvalue weighted by atomic mass is 9.98. The Hall–Kier alpha value is -3.88. The summed E-state index contributed by atoms with van der Waals surface area (Å²) in [5, 5.41) is 8.62. The van der Waals surface area contributed by atoms with E-state index < -0.39 is 37.8 Å². The van der Waals surface area contributed by atoms with E-state index in [9.17, 15) is 26.3 Å². The topological polar surface area (TPSA) is 67.0 Å². The molecule has 0 spiro atoms. The second-order valence-corrected chi connectivity index (χ2v) is 18.3. The monoisotopic (exact) mass is 709 g/mol. The second kappa shape index (κ2) is 12.5. The first kappa shape index (κ1) is 35.4. The molecule has 2 aliphatic heterocycles. The highest BCUT2D eigenvalue weighted by molar-refractivity contribution is 6.74. The van der Waals surface area contributed by atoms with Crippen molar-refractivity contribution in [2.45, 2.75) is 64.2 Å². The van der Waals surface area contributed by atoms with E-state index in [2.05, 4.69) is 15.2 Å². The molecule has 0 saturated heterocycles. The summed E-state index contributed by atoms with van der Waals surface area (Å²) in [4.78, 5) is 4.26. The van der Waals surface area contributed by atoms with Crippen LogP contribution in [0.2, 0.25) is 23.2 Å². The summed E-state index contributed by atoms with van der Waals surface area (Å²) in [5.74, 6) is 0.692. The van der Waals surface area contributed by atoms with Gasteiger partial charge in [-0.15, -0.1) is 10.2 Å². The van der Waals surface area contributed by atoms with E-state index in [0.29, 0.717) is 40.4 Å². The van der Waals surface area contributed by atoms with Gasteiger partial charge in [0.25, 0.3) is 0 Å². The third kappa shape index (κ3) is 7.10. The minimum atomic E-state index is -5.04. The lowest BCUT2D eigenvalue weighted by Gasteiger charge is -2.38. The first-order valence-corrected chi connectivity index (χ1v) is 18.1. The maximum atomic E-state index is 14.0. The lowest BCUT2D eigenvalue weighted by molar-refractivity contribution is -0.143. The molecule has 0 aliphatic carbocycles. The Morgan fingerprint density at radius 1 is 0.896 bits per heavy atom. The van der Waals surface area contributed by atoms with Gasteiger partial charge in [-0.3, -0.25) is 0 Å². The summed E-state index contributed by atoms with van der Waals surface area (Å²) in [7, 11) is -1.03. The van der Waals surface area contributed by atoms with Gasteiger partial charge in [0, 0.05) is 23.5 Å². The Morgan fingerprint density at radius 3 is 2.08 bits per heavy atom. The highest BCUT2D eigenvalue weighted by atomic mass is 35.5. The summed E-state index contributed by atoms with van der Waals surface area (Å²) in [6, 6.07) is 7.31. The van der Waals surface area contributed by atoms with Gasteiger partial charge in [0.05, 0.1) is 53.6 Å². The number of rotatable bonds is 8. The molecule has 1 aromatic heterocycles. The summed E-state index contributed by atoms with van der Waals surface area (Å²) in [5.41, 5.74) is -0.203. The molecule has 0 bridgehead atoms. The van der Waals surface area contributed by atoms with E-state index >= 15 is 0 Å². The van der Waals surface area contributed by atoms with Crippen LogP contribution in [0.25, 0.3) is 28.3 Å². The zero-order chi connectivity index (χ0) is 35.4. The van der Waals surface area contributed by atoms with Crippen molar-refractivity contribution in [2.24, 2.45) is 0 Å². The SMILES string of the molecule is COc1cc(-c2nnc3n(C(CO[Si](C)(C)C(C)(C)C)c4cc(C(F)(F)F)cc(C(F)(F)F)c4)cc(Cl)cc2-3)ccc1-n1cnc(C)c1. The molecule has 0 saturated carbocycles. The van der Waals surface area contributed by atoms with E-state index in [1.165, 1.54) is 17.9 Å². The van der Waals surface area contributed by atoms with E-state index in [1.54, 1.807) is 29.1 Å². The molecule has 0 fully saturated rings. The molecule has 3 heterocycles. The normalized spacial score (nSPS) is 13.7. The molecule has 7 nitrogen and oxygen atoms in total. The summed E-state index contributed by atoms with van der Waals surface area (Å²) < 4.78 is 99.2. The van der Waals surface area contributed by atoms with Gasteiger partial charge in [-0.25, -0.2) is 4.98 Å². The van der Waals surface area contributed by atoms with Gasteiger partial charge in [0.1, 0.15) is 11.4 Å². The molecule has 0 amide bonds. The zero-order valence-corrected chi connectivity index (χ0v) is 29.0. The zero-order valence-electron chi connectivity index (χ0n) is 27.3. The number of nitrogens with zero attached hydrogens (tertiary/aromatic N) is 5. The molecule has 0 radical (unpaired) electrons. The fourth-order valence-corrected chi connectivity index (χ4v) is 6.28. The quantitative estimate of drug-likeness (QED) is 0.119. The number of aromatic nitrogens is 5. The number of ether oxygens (including phenoxy) is 1. The largest absolute Gasteiger partial charge is 0.495 e. The van der Waals surface area contributed by atoms with Gasteiger partial charge < -0.3 is 18.3 Å². The summed E-state index contributed by atoms with van der Waals surface area (Å²) >= 11 is 6.60. The number of hydrogen-bond acceptors (Lipinski definition) is 5. The van der Waals surface area contributed by atoms with Crippen LogP contribution in [0.5, 0.6) is 5.75 Å². The minimum absolute atomic E-state index is 0.107. The Labute approximate surface area is 280 Å². The number of pyridine rings is 1. The molecule has 3 aromatic rings. The standard InChI is InChI=1S/C33H34ClF6N5O2Si/c1-19-15-44(18-41-19)26-9-8-20(12-28(26)46-5)29-25-14-24(34)16-45(30(25)43-42-29)27(17-47-48(6,7)31(2,3)4)21-10-22(32(35,36)37)13-23(11-21)33(38,39)40/h8-16,18,27H,17H2,1-7H3. The number of methoxy groups -OCH3 is 1. The Bertz CT molecular complexity index is 1880. The highest BCUT2D eigenvalue weighted by Crippen LogP contribution is 2.43. The third-order valence-electron chi connectivity index (χ3n) is 8.71. The van der Waals surface area contributed by atoms with Gasteiger partial charge in [-0.1, -0.05) is 38.4 Å². The average Bonchev–Trinajstić information content (AvgIpc) is 3.61. The van der Waals surface area contributed by atoms with Crippen molar-refractivity contribution < 1.29 is 35.5 Å². The van der Waals surface area contributed by atoms with Gasteiger partial charge in [0.15, 0.2) is 14.1 Å². The molecule has 2 aromatic carbocycles. The number of fused-ring (bicyclic) bond motifs is 1. The fourth-order valence-electron chi connectivity index (χ4n) is 5.06. The molecule has 1 unspecified atom stereocenters. The van der Waals surface area contributed by atoms with Gasteiger partial charge in [-0.05, 0) is 67.0 Å². The summed E-state index contributed by atoms with van der Waals surface area (Å²) in [6.07, 6.45) is -5.17. The molecule has 5 rings (SSSR count). The van der Waals surface area contributed by atoms with Crippen molar-refractivity contribution >= 4 is 19.9 Å². The Morgan fingerprint density at radius 2 is 1.54 bits per heavy atom. The van der Waals surface area contributed by atoms with Crippen LogP contribution in [-0.4, -0.2) is 46.3 Å². The van der Waals surface area contributed by atoms with Gasteiger partial charge in [-0.2, -0.15) is 26.3 Å². The number of benzene rings is 2. The van der Waals surface area contributed by atoms with Gasteiger partial charge >= 0.3 is 12.4 Å². The minimum Gasteiger partial charge on any atom is -0.495 e. The maximum Gasteiger partial charge on any atom is 0.416 e. The van der Waals surface area contributed by atoms with Crippen molar-refractivity contribution in [1.29, 1.82) is 0 Å². The predicted octanol–water partition coefficient (Wildman–Crippen LogP) is 9.85. The van der Waals surface area contributed by atoms with Crippen LogP contribution in [0.1, 0.15) is 49.2 Å². The Balaban J connectivity index is 1.67. The average molecular weight is 710 g/mol. The van der Waals surface area contributed by atoms with Crippen molar-refractivity contribution in [3.63, 3.8) is 0 Å². The number of aryl methyl sites for hydroxylation is 1. The van der Waals surface area contributed by atoms with E-state index in [1.807, 2.05) is 53.1 Å². The second-order valence-electron chi connectivity index (χ2n) is 13.1. The van der Waals surface area contributed by atoms with E-state index in [4.69, 9.17) is 20.8 Å². The smallest absolute Gasteiger partial charge is 0.416 e. The molecule has 256 valence electrons. The van der Waals surface area contributed by atoms with Crippen molar-refractivity contribution in [2.75, 3.05) is 13.7 Å². The fraction of sp³-hybridized carbons (Fsp3) is 0.364. The van der Waals surface area contributed by atoms with Gasteiger partial charge in [0.2, 0.25) is 0 Å². The first-order chi connectivity index (χ1) is 22.2. The van der Waals surface area contributed by atoms with Crippen molar-refractivity contribution in [3.05, 3.63) is 88.6 Å². The maximum absolute atomic E-state index is 14.0. The molecule has 1 atom stereocenters. The summed E-state index contributed by atoms with van der Waals surface area (Å²) in [6.45, 7) is 11.4. The molecule has 48 heavy (non-hydrogen) atoms. The predicted molar refractivity (Wildman–Crippen MR) is 173 cm³/mol. The molecule has 15 heteroatoms. The number of alkyl halides is 6. The van der Waals surface area contributed by atoms with Crippen LogP contribution in [0.15, 0.2) is 61.2 Å². The van der Waals surface area contributed by atoms with Crippen LogP contribution in [0, 0.1) is 6.92 Å². The number of hydrogen-bond donors (Lipinski definition) is 0. The molecule has 0 N–H and O–H groups in total. The van der Waals surface area contributed by atoms with Crippen LogP contribution in [0.4, 0.5) is 26.3 Å². The van der Waals surface area contributed by atoms with Crippen LogP contribution in [0.3, 0.4) is 0 Å². The van der Waals surface area contributed by atoms with Crippen molar-refractivity contribution in [3.8, 4) is 34.1 Å². The molecular formula is C33H34ClF6N5O2Si. The van der Waals surface area contributed by atoms with Crippen LogP contribution in [-0.2, 0) is 16.8 Å². The van der Waals surface area contributed by atoms with Crippen LogP contribution < -0.4 is 4.74 Å². The third-order valence-corrected chi connectivity index (χ3v) is 13.4. The van der Waals surface area contributed by atoms with Crippen LogP contribution >= 0.6 is 11.6 Å². The highest BCUT2D eigenvalue weighted by Gasteiger charge is 2.40. The van der Waals surface area contributed by atoms with E-state index in [-0.39, 0.29) is 34.1 Å². The van der Waals surface area contributed by atoms with E-state index in [0.717, 1.165) is 5.69 Å². The Kier molecular flexibility index (Phi) is 9.25. The molecular weight excluding hydrogens is 676 g/mol.